The Labute approximate surface area is 95.8 Å². The summed E-state index contributed by atoms with van der Waals surface area (Å²) in [6, 6.07) is -1.14. The number of hydrogen-bond acceptors (Lipinski definition) is 3. The fraction of sp³-hybridized carbons (Fsp3) is 0.417. The van der Waals surface area contributed by atoms with E-state index in [9.17, 15) is 9.90 Å². The summed E-state index contributed by atoms with van der Waals surface area (Å²) in [6.45, 7) is 6.88. The summed E-state index contributed by atoms with van der Waals surface area (Å²) in [7, 11) is 0. The largest absolute Gasteiger partial charge is 0.480 e. The Balaban J connectivity index is 5.23. The van der Waals surface area contributed by atoms with Crippen LogP contribution >= 0.6 is 0 Å². The molecule has 0 heterocycles. The molecular formula is C12H19NO3. The van der Waals surface area contributed by atoms with Crippen molar-refractivity contribution < 1.29 is 15.0 Å². The van der Waals surface area contributed by atoms with E-state index in [0.717, 1.165) is 0 Å². The van der Waals surface area contributed by atoms with Crippen molar-refractivity contribution in [1.82, 2.24) is 0 Å². The number of aliphatic carboxylic acids is 1. The Hall–Kier alpha value is -1.39. The van der Waals surface area contributed by atoms with E-state index in [1.807, 2.05) is 6.92 Å². The standard InChI is InChI=1S/C12H19NO3/c1-4-6-9(7-5-2)10(8(3)14)11(13)12(15)16/h4-8,10-11,14H,1,13H2,2-3H3,(H,15,16)/b7-5-,9-6+. The molecule has 4 nitrogen and oxygen atoms in total. The summed E-state index contributed by atoms with van der Waals surface area (Å²) in [5, 5.41) is 18.5. The van der Waals surface area contributed by atoms with Crippen molar-refractivity contribution in [3.8, 4) is 0 Å². The van der Waals surface area contributed by atoms with E-state index in [4.69, 9.17) is 10.8 Å². The minimum Gasteiger partial charge on any atom is -0.480 e. The van der Waals surface area contributed by atoms with E-state index in [1.54, 1.807) is 24.3 Å². The van der Waals surface area contributed by atoms with Gasteiger partial charge in [0, 0.05) is 5.92 Å². The molecule has 0 saturated carbocycles. The number of nitrogens with two attached hydrogens (primary N) is 1. The molecule has 4 heteroatoms. The Morgan fingerprint density at radius 3 is 2.38 bits per heavy atom. The first-order valence-corrected chi connectivity index (χ1v) is 5.07. The van der Waals surface area contributed by atoms with Gasteiger partial charge in [-0.3, -0.25) is 4.79 Å². The van der Waals surface area contributed by atoms with Crippen molar-refractivity contribution in [3.05, 3.63) is 36.5 Å². The fourth-order valence-corrected chi connectivity index (χ4v) is 1.55. The molecular weight excluding hydrogens is 206 g/mol. The van der Waals surface area contributed by atoms with Crippen LogP contribution in [0.25, 0.3) is 0 Å². The van der Waals surface area contributed by atoms with E-state index in [0.29, 0.717) is 5.57 Å². The minimum atomic E-state index is -1.14. The lowest BCUT2D eigenvalue weighted by molar-refractivity contribution is -0.140. The Morgan fingerprint density at radius 1 is 1.50 bits per heavy atom. The fourth-order valence-electron chi connectivity index (χ4n) is 1.55. The van der Waals surface area contributed by atoms with E-state index < -0.39 is 24.0 Å². The topological polar surface area (TPSA) is 83.5 Å². The average molecular weight is 225 g/mol. The molecule has 0 aromatic carbocycles. The van der Waals surface area contributed by atoms with Crippen LogP contribution < -0.4 is 5.73 Å². The molecule has 3 unspecified atom stereocenters. The SMILES string of the molecule is C=C/C=C(\C=C/C)C(C(C)O)C(N)C(=O)O. The molecule has 0 fully saturated rings. The number of aliphatic hydroxyl groups is 1. The van der Waals surface area contributed by atoms with Gasteiger partial charge in [-0.25, -0.2) is 0 Å². The van der Waals surface area contributed by atoms with Crippen LogP contribution in [0.2, 0.25) is 0 Å². The van der Waals surface area contributed by atoms with Gasteiger partial charge in [-0.2, -0.15) is 0 Å². The maximum absolute atomic E-state index is 10.8. The Bertz CT molecular complexity index is 305. The second-order valence-electron chi connectivity index (χ2n) is 3.53. The molecule has 0 radical (unpaired) electrons. The van der Waals surface area contributed by atoms with E-state index in [2.05, 4.69) is 6.58 Å². The van der Waals surface area contributed by atoms with Crippen LogP contribution in [-0.4, -0.2) is 28.3 Å². The Morgan fingerprint density at radius 2 is 2.06 bits per heavy atom. The van der Waals surface area contributed by atoms with Crippen molar-refractivity contribution in [3.63, 3.8) is 0 Å². The molecule has 0 aromatic rings. The summed E-state index contributed by atoms with van der Waals surface area (Å²) in [4.78, 5) is 10.8. The molecule has 0 amide bonds. The second kappa shape index (κ2) is 6.98. The van der Waals surface area contributed by atoms with Crippen LogP contribution in [0.4, 0.5) is 0 Å². The molecule has 3 atom stereocenters. The molecule has 0 bridgehead atoms. The Kier molecular flexibility index (Phi) is 6.37. The van der Waals surface area contributed by atoms with Gasteiger partial charge in [-0.1, -0.05) is 30.9 Å². The quantitative estimate of drug-likeness (QED) is 0.591. The van der Waals surface area contributed by atoms with Gasteiger partial charge >= 0.3 is 5.97 Å². The molecule has 16 heavy (non-hydrogen) atoms. The third kappa shape index (κ3) is 4.00. The van der Waals surface area contributed by atoms with E-state index in [-0.39, 0.29) is 0 Å². The summed E-state index contributed by atoms with van der Waals surface area (Å²) in [5.41, 5.74) is 6.21. The minimum absolute atomic E-state index is 0.647. The zero-order chi connectivity index (χ0) is 12.7. The summed E-state index contributed by atoms with van der Waals surface area (Å²) in [6.07, 6.45) is 5.84. The molecule has 0 aliphatic carbocycles. The first kappa shape index (κ1) is 14.6. The van der Waals surface area contributed by atoms with Gasteiger partial charge in [-0.15, -0.1) is 0 Å². The van der Waals surface area contributed by atoms with Crippen molar-refractivity contribution in [2.45, 2.75) is 26.0 Å². The smallest absolute Gasteiger partial charge is 0.321 e. The van der Waals surface area contributed by atoms with Crippen LogP contribution in [0.3, 0.4) is 0 Å². The number of carboxylic acid groups (broad SMARTS) is 1. The lowest BCUT2D eigenvalue weighted by atomic mass is 9.86. The summed E-state index contributed by atoms with van der Waals surface area (Å²) < 4.78 is 0. The van der Waals surface area contributed by atoms with Gasteiger partial charge in [-0.05, 0) is 19.4 Å². The molecule has 4 N–H and O–H groups in total. The van der Waals surface area contributed by atoms with Gasteiger partial charge in [0.15, 0.2) is 0 Å². The molecule has 0 aliphatic heterocycles. The van der Waals surface area contributed by atoms with E-state index >= 15 is 0 Å². The van der Waals surface area contributed by atoms with Crippen LogP contribution in [0.1, 0.15) is 13.8 Å². The summed E-state index contributed by atoms with van der Waals surface area (Å²) >= 11 is 0. The van der Waals surface area contributed by atoms with Gasteiger partial charge < -0.3 is 15.9 Å². The van der Waals surface area contributed by atoms with Crippen molar-refractivity contribution >= 4 is 5.97 Å². The number of carboxylic acids is 1. The van der Waals surface area contributed by atoms with Crippen LogP contribution in [-0.2, 0) is 4.79 Å². The highest BCUT2D eigenvalue weighted by Gasteiger charge is 2.30. The predicted octanol–water partition coefficient (Wildman–Crippen LogP) is 1.08. The maximum atomic E-state index is 10.8. The van der Waals surface area contributed by atoms with Crippen molar-refractivity contribution in [2.24, 2.45) is 11.7 Å². The molecule has 0 aliphatic rings. The van der Waals surface area contributed by atoms with Crippen molar-refractivity contribution in [1.29, 1.82) is 0 Å². The summed E-state index contributed by atoms with van der Waals surface area (Å²) in [5.74, 6) is -1.78. The first-order valence-electron chi connectivity index (χ1n) is 5.07. The number of allylic oxidation sites excluding steroid dienone is 4. The number of aliphatic hydroxyl groups excluding tert-OH is 1. The number of hydrogen-bond donors (Lipinski definition) is 3. The lowest BCUT2D eigenvalue weighted by Gasteiger charge is -2.24. The molecule has 90 valence electrons. The maximum Gasteiger partial charge on any atom is 0.321 e. The highest BCUT2D eigenvalue weighted by molar-refractivity contribution is 5.74. The van der Waals surface area contributed by atoms with Gasteiger partial charge in [0.05, 0.1) is 6.10 Å². The van der Waals surface area contributed by atoms with Gasteiger partial charge in [0.25, 0.3) is 0 Å². The third-order valence-electron chi connectivity index (χ3n) is 2.25. The average Bonchev–Trinajstić information content (AvgIpc) is 2.17. The number of carbonyl (C=O) groups is 1. The van der Waals surface area contributed by atoms with Crippen LogP contribution in [0, 0.1) is 5.92 Å². The monoisotopic (exact) mass is 225 g/mol. The van der Waals surface area contributed by atoms with E-state index in [1.165, 1.54) is 6.92 Å². The van der Waals surface area contributed by atoms with Gasteiger partial charge in [0.1, 0.15) is 6.04 Å². The zero-order valence-electron chi connectivity index (χ0n) is 9.63. The van der Waals surface area contributed by atoms with Crippen molar-refractivity contribution in [2.75, 3.05) is 0 Å². The highest BCUT2D eigenvalue weighted by atomic mass is 16.4. The number of rotatable bonds is 6. The second-order valence-corrected chi connectivity index (χ2v) is 3.53. The van der Waals surface area contributed by atoms with Crippen LogP contribution in [0.5, 0.6) is 0 Å². The van der Waals surface area contributed by atoms with Gasteiger partial charge in [0.2, 0.25) is 0 Å². The molecule has 0 rings (SSSR count). The molecule has 0 spiro atoms. The normalized spacial score (nSPS) is 18.1. The molecule has 0 saturated heterocycles. The molecule has 0 aromatic heterocycles. The highest BCUT2D eigenvalue weighted by Crippen LogP contribution is 2.20. The first-order chi connectivity index (χ1) is 7.45. The third-order valence-corrected chi connectivity index (χ3v) is 2.25. The van der Waals surface area contributed by atoms with Crippen LogP contribution in [0.15, 0.2) is 36.5 Å². The lowest BCUT2D eigenvalue weighted by Crippen LogP contribution is -2.43. The zero-order valence-corrected chi connectivity index (χ0v) is 9.63. The predicted molar refractivity (Wildman–Crippen MR) is 63.9 cm³/mol.